The van der Waals surface area contributed by atoms with Gasteiger partial charge in [-0.25, -0.2) is 4.98 Å². The number of likely N-dealkylation sites (tertiary alicyclic amines) is 1. The van der Waals surface area contributed by atoms with Crippen molar-refractivity contribution in [1.82, 2.24) is 9.88 Å². The van der Waals surface area contributed by atoms with Gasteiger partial charge < -0.3 is 14.5 Å². The van der Waals surface area contributed by atoms with Crippen LogP contribution in [-0.4, -0.2) is 54.4 Å². The second-order valence-corrected chi connectivity index (χ2v) is 9.51. The Labute approximate surface area is 212 Å². The van der Waals surface area contributed by atoms with Gasteiger partial charge in [0.2, 0.25) is 5.91 Å². The Morgan fingerprint density at radius 3 is 2.47 bits per heavy atom. The minimum Gasteiger partial charge on any atom is -0.378 e. The number of carbonyl (C=O) groups excluding carboxylic acids is 2. The van der Waals surface area contributed by atoms with Crippen molar-refractivity contribution in [3.8, 4) is 0 Å². The maximum Gasteiger partial charge on any atom is 0.238 e. The molecule has 5 rings (SSSR count). The number of hydrogen-bond acceptors (Lipinski definition) is 5. The van der Waals surface area contributed by atoms with Crippen LogP contribution in [0.1, 0.15) is 33.9 Å². The number of carbonyl (C=O) groups is 2. The van der Waals surface area contributed by atoms with E-state index in [-0.39, 0.29) is 18.2 Å². The van der Waals surface area contributed by atoms with E-state index in [9.17, 15) is 9.59 Å². The molecule has 1 aromatic heterocycles. The van der Waals surface area contributed by atoms with Gasteiger partial charge in [-0.05, 0) is 54.3 Å². The first-order chi connectivity index (χ1) is 17.5. The monoisotopic (exact) mass is 481 g/mol. The van der Waals surface area contributed by atoms with Gasteiger partial charge in [-0.2, -0.15) is 0 Å². The molecule has 6 nitrogen and oxygen atoms in total. The smallest absolute Gasteiger partial charge is 0.238 e. The summed E-state index contributed by atoms with van der Waals surface area (Å²) >= 11 is 0. The predicted molar refractivity (Wildman–Crippen MR) is 141 cm³/mol. The van der Waals surface area contributed by atoms with Crippen LogP contribution in [0.2, 0.25) is 0 Å². The zero-order chi connectivity index (χ0) is 25.1. The zero-order valence-electron chi connectivity index (χ0n) is 20.8. The second kappa shape index (κ2) is 10.5. The summed E-state index contributed by atoms with van der Waals surface area (Å²) in [4.78, 5) is 36.2. The third kappa shape index (κ3) is 5.09. The molecule has 0 spiro atoms. The summed E-state index contributed by atoms with van der Waals surface area (Å²) in [6.45, 7) is 7.70. The van der Waals surface area contributed by atoms with Crippen molar-refractivity contribution < 1.29 is 14.3 Å². The van der Waals surface area contributed by atoms with Gasteiger partial charge in [-0.15, -0.1) is 0 Å². The zero-order valence-corrected chi connectivity index (χ0v) is 20.8. The van der Waals surface area contributed by atoms with Gasteiger partial charge in [0.15, 0.2) is 5.78 Å². The highest BCUT2D eigenvalue weighted by Crippen LogP contribution is 2.31. The Bertz CT molecular complexity index is 1300. The summed E-state index contributed by atoms with van der Waals surface area (Å²) < 4.78 is 5.46. The van der Waals surface area contributed by atoms with Crippen molar-refractivity contribution in [2.24, 2.45) is 0 Å². The molecule has 0 radical (unpaired) electrons. The lowest BCUT2D eigenvalue weighted by atomic mass is 9.84. The lowest BCUT2D eigenvalue weighted by Gasteiger charge is -2.33. The Morgan fingerprint density at radius 2 is 1.72 bits per heavy atom. The number of rotatable bonds is 5. The number of hydrogen-bond donors (Lipinski definition) is 0. The Balaban J connectivity index is 1.50. The fourth-order valence-electron chi connectivity index (χ4n) is 4.80. The van der Waals surface area contributed by atoms with E-state index in [0.717, 1.165) is 46.9 Å². The Hall–Kier alpha value is -3.77. The minimum atomic E-state index is -0.851. The van der Waals surface area contributed by atoms with E-state index in [2.05, 4.69) is 4.90 Å². The van der Waals surface area contributed by atoms with Crippen molar-refractivity contribution >= 4 is 23.6 Å². The predicted octanol–water partition coefficient (Wildman–Crippen LogP) is 4.31. The van der Waals surface area contributed by atoms with Crippen molar-refractivity contribution in [3.05, 3.63) is 100 Å². The molecule has 0 aliphatic carbocycles. The van der Waals surface area contributed by atoms with E-state index in [1.165, 1.54) is 0 Å². The molecule has 2 aliphatic rings. The molecule has 2 fully saturated rings. The van der Waals surface area contributed by atoms with Crippen molar-refractivity contribution in [2.45, 2.75) is 26.3 Å². The highest BCUT2D eigenvalue weighted by Gasteiger charge is 2.39. The van der Waals surface area contributed by atoms with Gasteiger partial charge in [0.25, 0.3) is 0 Å². The maximum atomic E-state index is 13.8. The number of ether oxygens (including phenoxy) is 1. The molecule has 1 unspecified atom stereocenters. The fourth-order valence-corrected chi connectivity index (χ4v) is 4.80. The van der Waals surface area contributed by atoms with Crippen LogP contribution < -0.4 is 4.90 Å². The largest absolute Gasteiger partial charge is 0.378 e. The van der Waals surface area contributed by atoms with Crippen molar-refractivity contribution in [3.63, 3.8) is 0 Å². The topological polar surface area (TPSA) is 62.7 Å². The van der Waals surface area contributed by atoms with Gasteiger partial charge in [0.1, 0.15) is 11.7 Å². The molecule has 0 N–H and O–H groups in total. The average Bonchev–Trinajstić information content (AvgIpc) is 2.90. The molecule has 6 heteroatoms. The van der Waals surface area contributed by atoms with E-state index >= 15 is 0 Å². The molecular formula is C30H31N3O3. The van der Waals surface area contributed by atoms with Gasteiger partial charge in [0, 0.05) is 31.8 Å². The molecule has 36 heavy (non-hydrogen) atoms. The van der Waals surface area contributed by atoms with Crippen LogP contribution in [0.5, 0.6) is 0 Å². The van der Waals surface area contributed by atoms with Crippen LogP contribution in [0.4, 0.5) is 5.82 Å². The number of aromatic nitrogens is 1. The fraction of sp³-hybridized carbons (Fsp3) is 0.300. The number of aryl methyl sites for hydroxylation is 2. The van der Waals surface area contributed by atoms with Gasteiger partial charge in [0.05, 0.1) is 18.9 Å². The number of ketones is 1. The van der Waals surface area contributed by atoms with E-state index < -0.39 is 5.92 Å². The first-order valence-corrected chi connectivity index (χ1v) is 12.4. The molecule has 1 amide bonds. The lowest BCUT2D eigenvalue weighted by Crippen LogP contribution is -2.45. The van der Waals surface area contributed by atoms with Crippen molar-refractivity contribution in [1.29, 1.82) is 0 Å². The molecule has 2 aliphatic heterocycles. The molecular weight excluding hydrogens is 450 g/mol. The SMILES string of the molecule is Cc1ccc(C2C(=O)/C(=C/c3cccc(N4CCOCC4)n3)CN(Cc3ccccc3)C2=O)cc1C. The molecule has 1 atom stereocenters. The second-order valence-electron chi connectivity index (χ2n) is 9.51. The highest BCUT2D eigenvalue weighted by molar-refractivity contribution is 6.18. The number of nitrogens with zero attached hydrogens (tertiary/aromatic N) is 3. The van der Waals surface area contributed by atoms with Crippen LogP contribution in [0.25, 0.3) is 6.08 Å². The van der Waals surface area contributed by atoms with E-state index in [1.54, 1.807) is 4.90 Å². The third-order valence-electron chi connectivity index (χ3n) is 6.99. The normalized spacial score (nSPS) is 19.7. The minimum absolute atomic E-state index is 0.147. The number of amides is 1. The molecule has 0 saturated carbocycles. The molecule has 0 bridgehead atoms. The summed E-state index contributed by atoms with van der Waals surface area (Å²) in [6.07, 6.45) is 1.85. The Kier molecular flexibility index (Phi) is 6.96. The third-order valence-corrected chi connectivity index (χ3v) is 6.99. The molecule has 3 heterocycles. The van der Waals surface area contributed by atoms with E-state index in [4.69, 9.17) is 9.72 Å². The van der Waals surface area contributed by atoms with Gasteiger partial charge in [-0.3, -0.25) is 9.59 Å². The van der Waals surface area contributed by atoms with E-state index in [0.29, 0.717) is 25.3 Å². The van der Waals surface area contributed by atoms with Crippen LogP contribution in [0.3, 0.4) is 0 Å². The number of anilines is 1. The summed E-state index contributed by atoms with van der Waals surface area (Å²) in [5.41, 5.74) is 5.29. The molecule has 184 valence electrons. The number of Topliss-reactive ketones (excluding diaryl/α,β-unsaturated/α-hetero) is 1. The Morgan fingerprint density at radius 1 is 0.944 bits per heavy atom. The van der Waals surface area contributed by atoms with Crippen LogP contribution in [0, 0.1) is 13.8 Å². The standard InChI is InChI=1S/C30H31N3O3/c1-21-11-12-24(17-22(21)2)28-29(34)25(20-33(30(28)35)19-23-7-4-3-5-8-23)18-26-9-6-10-27(31-26)32-13-15-36-16-14-32/h3-12,17-18,28H,13-16,19-20H2,1-2H3/b25-18+. The number of morpholine rings is 1. The van der Waals surface area contributed by atoms with Crippen LogP contribution in [-0.2, 0) is 20.9 Å². The van der Waals surface area contributed by atoms with Crippen molar-refractivity contribution in [2.75, 3.05) is 37.7 Å². The quantitative estimate of drug-likeness (QED) is 0.401. The van der Waals surface area contributed by atoms with Crippen LogP contribution in [0.15, 0.2) is 72.3 Å². The van der Waals surface area contributed by atoms with Gasteiger partial charge in [-0.1, -0.05) is 54.6 Å². The highest BCUT2D eigenvalue weighted by atomic mass is 16.5. The number of pyridine rings is 1. The summed E-state index contributed by atoms with van der Waals surface area (Å²) in [5.74, 6) is -0.278. The number of piperidine rings is 1. The number of benzene rings is 2. The summed E-state index contributed by atoms with van der Waals surface area (Å²) in [5, 5.41) is 0. The molecule has 3 aromatic rings. The lowest BCUT2D eigenvalue weighted by molar-refractivity contribution is -0.139. The maximum absolute atomic E-state index is 13.8. The molecule has 2 saturated heterocycles. The van der Waals surface area contributed by atoms with Gasteiger partial charge >= 0.3 is 0 Å². The van der Waals surface area contributed by atoms with Crippen LogP contribution >= 0.6 is 0 Å². The first kappa shape index (κ1) is 23.9. The first-order valence-electron chi connectivity index (χ1n) is 12.4. The summed E-state index contributed by atoms with van der Waals surface area (Å²) in [7, 11) is 0. The van der Waals surface area contributed by atoms with E-state index in [1.807, 2.05) is 86.7 Å². The average molecular weight is 482 g/mol. The molecule has 2 aromatic carbocycles. The summed E-state index contributed by atoms with van der Waals surface area (Å²) in [6, 6.07) is 21.6.